The fraction of sp³-hybridized carbons (Fsp3) is 0.417. The third-order valence-corrected chi connectivity index (χ3v) is 2.78. The summed E-state index contributed by atoms with van der Waals surface area (Å²) in [5, 5.41) is 11.8. The Morgan fingerprint density at radius 3 is 2.83 bits per heavy atom. The molecule has 0 aromatic carbocycles. The minimum Gasteiger partial charge on any atom is -0.481 e. The molecule has 0 aliphatic heterocycles. The van der Waals surface area contributed by atoms with Crippen LogP contribution in [0.2, 0.25) is 5.02 Å². The molecule has 0 radical (unpaired) electrons. The molecule has 1 rings (SSSR count). The monoisotopic (exact) mass is 270 g/mol. The molecule has 18 heavy (non-hydrogen) atoms. The molecule has 98 valence electrons. The molecular weight excluding hydrogens is 256 g/mol. The first-order chi connectivity index (χ1) is 8.52. The van der Waals surface area contributed by atoms with Gasteiger partial charge in [-0.2, -0.15) is 0 Å². The molecule has 1 atom stereocenters. The van der Waals surface area contributed by atoms with Crippen LogP contribution in [0.15, 0.2) is 18.3 Å². The van der Waals surface area contributed by atoms with Crippen molar-refractivity contribution in [2.24, 2.45) is 5.92 Å². The van der Waals surface area contributed by atoms with Crippen molar-refractivity contribution in [3.63, 3.8) is 0 Å². The first-order valence-corrected chi connectivity index (χ1v) is 6.02. The summed E-state index contributed by atoms with van der Waals surface area (Å²) in [6.45, 7) is 2.20. The smallest absolute Gasteiger partial charge is 0.303 e. The summed E-state index contributed by atoms with van der Waals surface area (Å²) in [5.41, 5.74) is 0.229. The number of aliphatic carboxylic acids is 1. The Morgan fingerprint density at radius 1 is 1.56 bits per heavy atom. The number of halogens is 1. The first kappa shape index (κ1) is 14.4. The summed E-state index contributed by atoms with van der Waals surface area (Å²) in [5.74, 6) is -1.29. The zero-order valence-corrected chi connectivity index (χ0v) is 10.8. The van der Waals surface area contributed by atoms with Gasteiger partial charge in [0.25, 0.3) is 5.91 Å². The molecule has 1 aromatic heterocycles. The molecule has 0 saturated carbocycles. The minimum absolute atomic E-state index is 0.0414. The van der Waals surface area contributed by atoms with Gasteiger partial charge in [0.05, 0.1) is 0 Å². The lowest BCUT2D eigenvalue weighted by atomic mass is 10.0. The molecule has 1 amide bonds. The van der Waals surface area contributed by atoms with Gasteiger partial charge in [0.2, 0.25) is 0 Å². The Kier molecular flexibility index (Phi) is 5.58. The fourth-order valence-corrected chi connectivity index (χ4v) is 1.62. The average molecular weight is 271 g/mol. The van der Waals surface area contributed by atoms with Crippen molar-refractivity contribution in [3.8, 4) is 0 Å². The van der Waals surface area contributed by atoms with E-state index in [-0.39, 0.29) is 23.9 Å². The van der Waals surface area contributed by atoms with Gasteiger partial charge in [-0.25, -0.2) is 0 Å². The quantitative estimate of drug-likeness (QED) is 0.828. The number of nitrogens with zero attached hydrogens (tertiary/aromatic N) is 1. The highest BCUT2D eigenvalue weighted by molar-refractivity contribution is 6.30. The van der Waals surface area contributed by atoms with Crippen molar-refractivity contribution in [1.82, 2.24) is 10.3 Å². The van der Waals surface area contributed by atoms with E-state index in [0.717, 1.165) is 0 Å². The molecule has 0 saturated heterocycles. The Hall–Kier alpha value is -1.62. The summed E-state index contributed by atoms with van der Waals surface area (Å²) >= 11 is 5.75. The highest BCUT2D eigenvalue weighted by Crippen LogP contribution is 2.09. The first-order valence-electron chi connectivity index (χ1n) is 5.64. The second-order valence-corrected chi connectivity index (χ2v) is 4.38. The Labute approximate surface area is 110 Å². The van der Waals surface area contributed by atoms with Crippen LogP contribution in [-0.4, -0.2) is 28.5 Å². The largest absolute Gasteiger partial charge is 0.481 e. The highest BCUT2D eigenvalue weighted by atomic mass is 35.5. The number of rotatable bonds is 6. The number of carboxylic acids is 1. The van der Waals surface area contributed by atoms with Gasteiger partial charge in [0.15, 0.2) is 0 Å². The van der Waals surface area contributed by atoms with E-state index >= 15 is 0 Å². The second kappa shape index (κ2) is 6.96. The predicted molar refractivity (Wildman–Crippen MR) is 67.6 cm³/mol. The summed E-state index contributed by atoms with van der Waals surface area (Å²) in [6.07, 6.45) is 2.18. The number of hydrogen-bond acceptors (Lipinski definition) is 3. The number of carboxylic acid groups (broad SMARTS) is 1. The SMILES string of the molecule is CCC(CNC(=O)c1cc(Cl)ccn1)CC(=O)O. The lowest BCUT2D eigenvalue weighted by molar-refractivity contribution is -0.138. The van der Waals surface area contributed by atoms with E-state index in [4.69, 9.17) is 16.7 Å². The molecule has 1 aromatic rings. The molecule has 1 unspecified atom stereocenters. The zero-order valence-electron chi connectivity index (χ0n) is 10.0. The molecule has 6 heteroatoms. The van der Waals surface area contributed by atoms with E-state index in [1.807, 2.05) is 6.92 Å². The van der Waals surface area contributed by atoms with Gasteiger partial charge in [-0.05, 0) is 18.1 Å². The summed E-state index contributed by atoms with van der Waals surface area (Å²) in [6, 6.07) is 3.05. The normalized spacial score (nSPS) is 11.9. The Morgan fingerprint density at radius 2 is 2.28 bits per heavy atom. The maximum absolute atomic E-state index is 11.7. The maximum atomic E-state index is 11.7. The van der Waals surface area contributed by atoms with Gasteiger partial charge in [-0.3, -0.25) is 14.6 Å². The average Bonchev–Trinajstić information content (AvgIpc) is 2.33. The molecule has 0 fully saturated rings. The zero-order chi connectivity index (χ0) is 13.5. The van der Waals surface area contributed by atoms with E-state index in [1.54, 1.807) is 6.07 Å². The van der Waals surface area contributed by atoms with Crippen molar-refractivity contribution in [3.05, 3.63) is 29.0 Å². The van der Waals surface area contributed by atoms with Crippen LogP contribution in [0.5, 0.6) is 0 Å². The van der Waals surface area contributed by atoms with Crippen molar-refractivity contribution in [2.45, 2.75) is 19.8 Å². The van der Waals surface area contributed by atoms with E-state index < -0.39 is 5.97 Å². The predicted octanol–water partition coefficient (Wildman–Crippen LogP) is 1.97. The third-order valence-electron chi connectivity index (χ3n) is 2.55. The maximum Gasteiger partial charge on any atom is 0.303 e. The van der Waals surface area contributed by atoms with E-state index in [2.05, 4.69) is 10.3 Å². The van der Waals surface area contributed by atoms with Gasteiger partial charge < -0.3 is 10.4 Å². The van der Waals surface area contributed by atoms with Gasteiger partial charge in [-0.15, -0.1) is 0 Å². The van der Waals surface area contributed by atoms with Crippen molar-refractivity contribution in [1.29, 1.82) is 0 Å². The van der Waals surface area contributed by atoms with Gasteiger partial charge >= 0.3 is 5.97 Å². The molecular formula is C12H15ClN2O3. The van der Waals surface area contributed by atoms with Crippen LogP contribution in [0, 0.1) is 5.92 Å². The van der Waals surface area contributed by atoms with E-state index in [0.29, 0.717) is 18.0 Å². The van der Waals surface area contributed by atoms with Crippen LogP contribution in [0.25, 0.3) is 0 Å². The summed E-state index contributed by atoms with van der Waals surface area (Å²) < 4.78 is 0. The van der Waals surface area contributed by atoms with E-state index in [9.17, 15) is 9.59 Å². The molecule has 1 heterocycles. The lowest BCUT2D eigenvalue weighted by Crippen LogP contribution is -2.30. The van der Waals surface area contributed by atoms with Crippen molar-refractivity contribution in [2.75, 3.05) is 6.54 Å². The topological polar surface area (TPSA) is 79.3 Å². The molecule has 0 aliphatic rings. The Bertz CT molecular complexity index is 437. The fourth-order valence-electron chi connectivity index (χ4n) is 1.46. The molecule has 0 bridgehead atoms. The standard InChI is InChI=1S/C12H15ClN2O3/c1-2-8(5-11(16)17)7-15-12(18)10-6-9(13)3-4-14-10/h3-4,6,8H,2,5,7H2,1H3,(H,15,18)(H,16,17). The van der Waals surface area contributed by atoms with Crippen LogP contribution in [0.1, 0.15) is 30.3 Å². The highest BCUT2D eigenvalue weighted by Gasteiger charge is 2.14. The number of carbonyl (C=O) groups excluding carboxylic acids is 1. The lowest BCUT2D eigenvalue weighted by Gasteiger charge is -2.13. The number of nitrogens with one attached hydrogen (secondary N) is 1. The van der Waals surface area contributed by atoms with Gasteiger partial charge in [0.1, 0.15) is 5.69 Å². The van der Waals surface area contributed by atoms with Crippen LogP contribution < -0.4 is 5.32 Å². The van der Waals surface area contributed by atoms with Crippen LogP contribution >= 0.6 is 11.6 Å². The van der Waals surface area contributed by atoms with Crippen LogP contribution in [0.4, 0.5) is 0 Å². The molecule has 0 spiro atoms. The Balaban J connectivity index is 2.52. The number of carbonyl (C=O) groups is 2. The number of hydrogen-bond donors (Lipinski definition) is 2. The van der Waals surface area contributed by atoms with Crippen LogP contribution in [-0.2, 0) is 4.79 Å². The number of pyridine rings is 1. The minimum atomic E-state index is -0.864. The summed E-state index contributed by atoms with van der Waals surface area (Å²) in [4.78, 5) is 26.2. The van der Waals surface area contributed by atoms with Crippen LogP contribution in [0.3, 0.4) is 0 Å². The van der Waals surface area contributed by atoms with Gasteiger partial charge in [0, 0.05) is 24.2 Å². The molecule has 0 aliphatic carbocycles. The van der Waals surface area contributed by atoms with E-state index in [1.165, 1.54) is 12.3 Å². The second-order valence-electron chi connectivity index (χ2n) is 3.94. The number of amides is 1. The molecule has 2 N–H and O–H groups in total. The summed E-state index contributed by atoms with van der Waals surface area (Å²) in [7, 11) is 0. The van der Waals surface area contributed by atoms with Crippen molar-refractivity contribution >= 4 is 23.5 Å². The number of aromatic nitrogens is 1. The molecule has 5 nitrogen and oxygen atoms in total. The van der Waals surface area contributed by atoms with Gasteiger partial charge in [-0.1, -0.05) is 24.9 Å². The van der Waals surface area contributed by atoms with Crippen molar-refractivity contribution < 1.29 is 14.7 Å². The third kappa shape index (κ3) is 4.71.